The van der Waals surface area contributed by atoms with Gasteiger partial charge in [0.2, 0.25) is 0 Å². The zero-order valence-electron chi connectivity index (χ0n) is 11.7. The summed E-state index contributed by atoms with van der Waals surface area (Å²) >= 11 is 14.3. The molecule has 1 aromatic carbocycles. The number of aromatic nitrogens is 2. The van der Waals surface area contributed by atoms with E-state index < -0.39 is 0 Å². The Hall–Kier alpha value is -0.770. The summed E-state index contributed by atoms with van der Waals surface area (Å²) in [5.74, 6) is 1.39. The number of rotatable bonds is 4. The SMILES string of the molecule is Cc1ccc(-c2c(Cl)nc(CSC(C)C)nc2Cl)cc1. The van der Waals surface area contributed by atoms with Crippen LogP contribution in [0.4, 0.5) is 0 Å². The van der Waals surface area contributed by atoms with Crippen LogP contribution >= 0.6 is 35.0 Å². The number of halogens is 2. The molecule has 0 unspecified atom stereocenters. The van der Waals surface area contributed by atoms with Gasteiger partial charge in [-0.3, -0.25) is 0 Å². The lowest BCUT2D eigenvalue weighted by Crippen LogP contribution is -1.99. The summed E-state index contributed by atoms with van der Waals surface area (Å²) in [5.41, 5.74) is 2.83. The fraction of sp³-hybridized carbons (Fsp3) is 0.333. The van der Waals surface area contributed by atoms with Crippen molar-refractivity contribution in [3.05, 3.63) is 46.0 Å². The first kappa shape index (κ1) is 15.6. The first-order valence-electron chi connectivity index (χ1n) is 6.38. The minimum atomic E-state index is 0.410. The van der Waals surface area contributed by atoms with E-state index in [1.807, 2.05) is 31.2 Å². The maximum Gasteiger partial charge on any atom is 0.142 e. The largest absolute Gasteiger partial charge is 0.220 e. The molecule has 0 aliphatic heterocycles. The summed E-state index contributed by atoms with van der Waals surface area (Å²) in [4.78, 5) is 8.71. The van der Waals surface area contributed by atoms with Crippen LogP contribution in [0.3, 0.4) is 0 Å². The molecule has 0 amide bonds. The highest BCUT2D eigenvalue weighted by molar-refractivity contribution is 7.99. The first-order chi connectivity index (χ1) is 9.47. The van der Waals surface area contributed by atoms with Crippen molar-refractivity contribution in [1.29, 1.82) is 0 Å². The number of benzene rings is 1. The topological polar surface area (TPSA) is 25.8 Å². The Morgan fingerprint density at radius 2 is 1.60 bits per heavy atom. The van der Waals surface area contributed by atoms with Crippen molar-refractivity contribution >= 4 is 35.0 Å². The van der Waals surface area contributed by atoms with Crippen LogP contribution in [-0.4, -0.2) is 15.2 Å². The zero-order valence-corrected chi connectivity index (χ0v) is 14.0. The molecule has 0 radical (unpaired) electrons. The fourth-order valence-electron chi connectivity index (χ4n) is 1.71. The van der Waals surface area contributed by atoms with E-state index in [1.54, 1.807) is 11.8 Å². The normalized spacial score (nSPS) is 11.1. The smallest absolute Gasteiger partial charge is 0.142 e. The molecule has 0 aliphatic rings. The Morgan fingerprint density at radius 3 is 2.10 bits per heavy atom. The van der Waals surface area contributed by atoms with Gasteiger partial charge >= 0.3 is 0 Å². The minimum absolute atomic E-state index is 0.410. The summed E-state index contributed by atoms with van der Waals surface area (Å²) in [6.45, 7) is 6.30. The molecule has 0 bridgehead atoms. The molecule has 2 aromatic rings. The number of nitrogens with zero attached hydrogens (tertiary/aromatic N) is 2. The molecule has 1 heterocycles. The number of thioether (sulfide) groups is 1. The Bertz CT molecular complexity index is 574. The molecule has 106 valence electrons. The summed E-state index contributed by atoms with van der Waals surface area (Å²) in [6.07, 6.45) is 0. The van der Waals surface area contributed by atoms with Crippen molar-refractivity contribution in [3.8, 4) is 11.1 Å². The van der Waals surface area contributed by atoms with E-state index in [4.69, 9.17) is 23.2 Å². The van der Waals surface area contributed by atoms with Crippen molar-refractivity contribution in [1.82, 2.24) is 9.97 Å². The Morgan fingerprint density at radius 1 is 1.05 bits per heavy atom. The van der Waals surface area contributed by atoms with Crippen LogP contribution in [0.2, 0.25) is 10.3 Å². The molecule has 1 aromatic heterocycles. The molecular weight excluding hydrogens is 311 g/mol. The van der Waals surface area contributed by atoms with E-state index in [0.717, 1.165) is 5.56 Å². The third kappa shape index (κ3) is 3.87. The maximum absolute atomic E-state index is 6.28. The van der Waals surface area contributed by atoms with Crippen LogP contribution in [0, 0.1) is 6.92 Å². The molecule has 2 rings (SSSR count). The lowest BCUT2D eigenvalue weighted by atomic mass is 10.1. The van der Waals surface area contributed by atoms with Crippen LogP contribution in [0.5, 0.6) is 0 Å². The predicted molar refractivity (Wildman–Crippen MR) is 88.7 cm³/mol. The second-order valence-electron chi connectivity index (χ2n) is 4.82. The average Bonchev–Trinajstić information content (AvgIpc) is 2.38. The van der Waals surface area contributed by atoms with Crippen LogP contribution in [0.25, 0.3) is 11.1 Å². The number of aryl methyl sites for hydroxylation is 1. The highest BCUT2D eigenvalue weighted by atomic mass is 35.5. The quantitative estimate of drug-likeness (QED) is 0.703. The molecule has 0 fully saturated rings. The van der Waals surface area contributed by atoms with Gasteiger partial charge in [-0.1, -0.05) is 66.9 Å². The van der Waals surface area contributed by atoms with Gasteiger partial charge in [0, 0.05) is 0 Å². The van der Waals surface area contributed by atoms with Crippen molar-refractivity contribution in [3.63, 3.8) is 0 Å². The number of hydrogen-bond acceptors (Lipinski definition) is 3. The monoisotopic (exact) mass is 326 g/mol. The molecule has 0 N–H and O–H groups in total. The van der Waals surface area contributed by atoms with Crippen molar-refractivity contribution in [2.24, 2.45) is 0 Å². The molecule has 0 atom stereocenters. The number of hydrogen-bond donors (Lipinski definition) is 0. The highest BCUT2D eigenvalue weighted by Gasteiger charge is 2.14. The van der Waals surface area contributed by atoms with Gasteiger partial charge in [0.15, 0.2) is 0 Å². The average molecular weight is 327 g/mol. The summed E-state index contributed by atoms with van der Waals surface area (Å²) < 4.78 is 0. The lowest BCUT2D eigenvalue weighted by Gasteiger charge is -2.09. The van der Waals surface area contributed by atoms with Crippen LogP contribution in [0.15, 0.2) is 24.3 Å². The molecule has 0 aliphatic carbocycles. The van der Waals surface area contributed by atoms with Gasteiger partial charge in [-0.2, -0.15) is 11.8 Å². The summed E-state index contributed by atoms with van der Waals surface area (Å²) in [6, 6.07) is 8.00. The minimum Gasteiger partial charge on any atom is -0.220 e. The Kier molecular flexibility index (Phi) is 5.30. The molecule has 0 saturated carbocycles. The van der Waals surface area contributed by atoms with E-state index in [-0.39, 0.29) is 0 Å². The fourth-order valence-corrected chi connectivity index (χ4v) is 2.96. The predicted octanol–water partition coefficient (Wildman–Crippen LogP) is 5.40. The summed E-state index contributed by atoms with van der Waals surface area (Å²) in [7, 11) is 0. The van der Waals surface area contributed by atoms with Gasteiger partial charge < -0.3 is 0 Å². The van der Waals surface area contributed by atoms with Gasteiger partial charge in [-0.15, -0.1) is 0 Å². The standard InChI is InChI=1S/C15H16Cl2N2S/c1-9(2)20-8-12-18-14(16)13(15(17)19-12)11-6-4-10(3)5-7-11/h4-7,9H,8H2,1-3H3. The van der Waals surface area contributed by atoms with Crippen molar-refractivity contribution in [2.75, 3.05) is 0 Å². The van der Waals surface area contributed by atoms with Gasteiger partial charge in [-0.05, 0) is 17.7 Å². The third-order valence-electron chi connectivity index (χ3n) is 2.75. The molecule has 0 saturated heterocycles. The zero-order chi connectivity index (χ0) is 14.7. The molecular formula is C15H16Cl2N2S. The molecule has 20 heavy (non-hydrogen) atoms. The van der Waals surface area contributed by atoms with Gasteiger partial charge in [0.05, 0.1) is 11.3 Å². The second-order valence-corrected chi connectivity index (χ2v) is 7.10. The highest BCUT2D eigenvalue weighted by Crippen LogP contribution is 2.33. The molecule has 2 nitrogen and oxygen atoms in total. The lowest BCUT2D eigenvalue weighted by molar-refractivity contribution is 1.02. The van der Waals surface area contributed by atoms with E-state index in [0.29, 0.717) is 32.7 Å². The van der Waals surface area contributed by atoms with Gasteiger partial charge in [0.25, 0.3) is 0 Å². The van der Waals surface area contributed by atoms with Gasteiger partial charge in [-0.25, -0.2) is 9.97 Å². The second kappa shape index (κ2) is 6.79. The molecule has 5 heteroatoms. The Labute approximate surface area is 133 Å². The van der Waals surface area contributed by atoms with Crippen LogP contribution in [0.1, 0.15) is 25.2 Å². The Balaban J connectivity index is 2.33. The van der Waals surface area contributed by atoms with E-state index in [9.17, 15) is 0 Å². The van der Waals surface area contributed by atoms with Crippen molar-refractivity contribution < 1.29 is 0 Å². The van der Waals surface area contributed by atoms with Gasteiger partial charge in [0.1, 0.15) is 16.1 Å². The molecule has 0 spiro atoms. The van der Waals surface area contributed by atoms with E-state index >= 15 is 0 Å². The van der Waals surface area contributed by atoms with Crippen molar-refractivity contribution in [2.45, 2.75) is 31.8 Å². The van der Waals surface area contributed by atoms with E-state index in [2.05, 4.69) is 23.8 Å². The maximum atomic E-state index is 6.28. The van der Waals surface area contributed by atoms with E-state index in [1.165, 1.54) is 5.56 Å². The first-order valence-corrected chi connectivity index (χ1v) is 8.18. The van der Waals surface area contributed by atoms with Crippen LogP contribution in [-0.2, 0) is 5.75 Å². The van der Waals surface area contributed by atoms with Crippen LogP contribution < -0.4 is 0 Å². The third-order valence-corrected chi connectivity index (χ3v) is 4.39. The summed E-state index contributed by atoms with van der Waals surface area (Å²) in [5, 5.41) is 1.34.